The van der Waals surface area contributed by atoms with Crippen molar-refractivity contribution >= 4 is 5.91 Å². The van der Waals surface area contributed by atoms with Crippen LogP contribution in [-0.4, -0.2) is 37.0 Å². The van der Waals surface area contributed by atoms with Gasteiger partial charge in [-0.05, 0) is 0 Å². The van der Waals surface area contributed by atoms with Crippen molar-refractivity contribution in [2.75, 3.05) is 20.1 Å². The average molecular weight is 197 g/mol. The molecular weight excluding hydrogens is 178 g/mol. The Labute approximate surface area is 85.9 Å². The normalized spacial score (nSPS) is 9.93. The molecule has 0 aromatic carbocycles. The highest BCUT2D eigenvalue weighted by Crippen LogP contribution is 1.92. The second kappa shape index (κ2) is 7.34. The van der Waals surface area contributed by atoms with E-state index in [0.717, 1.165) is 0 Å². The van der Waals surface area contributed by atoms with E-state index < -0.39 is 0 Å². The van der Waals surface area contributed by atoms with Gasteiger partial charge in [0.1, 0.15) is 0 Å². The SMILES string of the molecule is CC(C)NCCC(=O)N(C)CCC#N. The van der Waals surface area contributed by atoms with Crippen LogP contribution in [0.4, 0.5) is 0 Å². The minimum absolute atomic E-state index is 0.0911. The van der Waals surface area contributed by atoms with E-state index in [9.17, 15) is 4.79 Å². The number of nitrogens with zero attached hydrogens (tertiary/aromatic N) is 2. The second-order valence-corrected chi connectivity index (χ2v) is 3.58. The molecule has 0 saturated carbocycles. The predicted octanol–water partition coefficient (Wildman–Crippen LogP) is 0.747. The van der Waals surface area contributed by atoms with Crippen LogP contribution in [0, 0.1) is 11.3 Å². The average Bonchev–Trinajstić information content (AvgIpc) is 2.13. The molecule has 80 valence electrons. The van der Waals surface area contributed by atoms with Crippen molar-refractivity contribution < 1.29 is 4.79 Å². The molecule has 0 saturated heterocycles. The van der Waals surface area contributed by atoms with Gasteiger partial charge in [-0.1, -0.05) is 13.8 Å². The molecule has 14 heavy (non-hydrogen) atoms. The molecule has 0 spiro atoms. The summed E-state index contributed by atoms with van der Waals surface area (Å²) < 4.78 is 0. The monoisotopic (exact) mass is 197 g/mol. The van der Waals surface area contributed by atoms with Crippen LogP contribution in [0.3, 0.4) is 0 Å². The lowest BCUT2D eigenvalue weighted by molar-refractivity contribution is -0.129. The topological polar surface area (TPSA) is 56.1 Å². The molecule has 0 heterocycles. The Morgan fingerprint density at radius 2 is 2.21 bits per heavy atom. The first kappa shape index (κ1) is 12.9. The lowest BCUT2D eigenvalue weighted by Crippen LogP contribution is -2.32. The Bertz CT molecular complexity index is 208. The van der Waals surface area contributed by atoms with E-state index in [4.69, 9.17) is 5.26 Å². The third-order valence-corrected chi connectivity index (χ3v) is 1.88. The van der Waals surface area contributed by atoms with Gasteiger partial charge in [0.2, 0.25) is 5.91 Å². The first-order chi connectivity index (χ1) is 6.57. The summed E-state index contributed by atoms with van der Waals surface area (Å²) in [6.45, 7) is 5.32. The third kappa shape index (κ3) is 6.44. The van der Waals surface area contributed by atoms with E-state index in [-0.39, 0.29) is 5.91 Å². The standard InChI is InChI=1S/C10H19N3O/c1-9(2)12-7-5-10(14)13(3)8-4-6-11/h9,12H,4-5,7-8H2,1-3H3. The summed E-state index contributed by atoms with van der Waals surface area (Å²) in [6.07, 6.45) is 0.903. The Hall–Kier alpha value is -1.08. The van der Waals surface area contributed by atoms with Crippen molar-refractivity contribution in [1.82, 2.24) is 10.2 Å². The van der Waals surface area contributed by atoms with E-state index in [1.807, 2.05) is 19.9 Å². The highest BCUT2D eigenvalue weighted by atomic mass is 16.2. The molecule has 0 aliphatic heterocycles. The third-order valence-electron chi connectivity index (χ3n) is 1.88. The minimum atomic E-state index is 0.0911. The fraction of sp³-hybridized carbons (Fsp3) is 0.800. The molecule has 0 aliphatic rings. The zero-order chi connectivity index (χ0) is 11.0. The molecule has 0 aliphatic carbocycles. The van der Waals surface area contributed by atoms with Gasteiger partial charge < -0.3 is 10.2 Å². The van der Waals surface area contributed by atoms with Crippen LogP contribution in [0.2, 0.25) is 0 Å². The van der Waals surface area contributed by atoms with Crippen LogP contribution in [0.5, 0.6) is 0 Å². The van der Waals surface area contributed by atoms with E-state index in [2.05, 4.69) is 5.32 Å². The number of nitrogens with one attached hydrogen (secondary N) is 1. The van der Waals surface area contributed by atoms with E-state index in [1.54, 1.807) is 11.9 Å². The number of carbonyl (C=O) groups excluding carboxylic acids is 1. The quantitative estimate of drug-likeness (QED) is 0.683. The fourth-order valence-corrected chi connectivity index (χ4v) is 1.00. The lowest BCUT2D eigenvalue weighted by Gasteiger charge is -2.16. The molecule has 0 fully saturated rings. The number of nitriles is 1. The molecule has 0 aromatic heterocycles. The maximum Gasteiger partial charge on any atom is 0.223 e. The minimum Gasteiger partial charge on any atom is -0.345 e. The smallest absolute Gasteiger partial charge is 0.223 e. The van der Waals surface area contributed by atoms with Crippen molar-refractivity contribution in [1.29, 1.82) is 5.26 Å². The van der Waals surface area contributed by atoms with Crippen LogP contribution < -0.4 is 5.32 Å². The maximum absolute atomic E-state index is 11.4. The van der Waals surface area contributed by atoms with Gasteiger partial charge in [-0.3, -0.25) is 4.79 Å². The van der Waals surface area contributed by atoms with E-state index in [1.165, 1.54) is 0 Å². The molecule has 4 nitrogen and oxygen atoms in total. The van der Waals surface area contributed by atoms with Crippen LogP contribution in [0.25, 0.3) is 0 Å². The summed E-state index contributed by atoms with van der Waals surface area (Å²) >= 11 is 0. The Kier molecular flexibility index (Phi) is 6.77. The molecule has 0 aromatic rings. The number of hydrogen-bond donors (Lipinski definition) is 1. The van der Waals surface area contributed by atoms with Crippen LogP contribution in [-0.2, 0) is 4.79 Å². The van der Waals surface area contributed by atoms with E-state index >= 15 is 0 Å². The van der Waals surface area contributed by atoms with Gasteiger partial charge in [0.15, 0.2) is 0 Å². The highest BCUT2D eigenvalue weighted by Gasteiger charge is 2.07. The number of rotatable bonds is 6. The molecule has 1 amide bonds. The van der Waals surface area contributed by atoms with Gasteiger partial charge >= 0.3 is 0 Å². The summed E-state index contributed by atoms with van der Waals surface area (Å²) in [7, 11) is 1.73. The number of amides is 1. The van der Waals surface area contributed by atoms with Gasteiger partial charge in [-0.15, -0.1) is 0 Å². The van der Waals surface area contributed by atoms with Gasteiger partial charge in [0, 0.05) is 32.6 Å². The van der Waals surface area contributed by atoms with Gasteiger partial charge in [-0.2, -0.15) is 5.26 Å². The van der Waals surface area contributed by atoms with Gasteiger partial charge in [-0.25, -0.2) is 0 Å². The second-order valence-electron chi connectivity index (χ2n) is 3.58. The molecule has 0 unspecified atom stereocenters. The summed E-state index contributed by atoms with van der Waals surface area (Å²) in [5.41, 5.74) is 0. The van der Waals surface area contributed by atoms with Gasteiger partial charge in [0.25, 0.3) is 0 Å². The van der Waals surface area contributed by atoms with Crippen LogP contribution in [0.15, 0.2) is 0 Å². The Balaban J connectivity index is 3.58. The van der Waals surface area contributed by atoms with Crippen molar-refractivity contribution in [3.8, 4) is 6.07 Å². The summed E-state index contributed by atoms with van der Waals surface area (Å²) in [5, 5.41) is 11.5. The zero-order valence-electron chi connectivity index (χ0n) is 9.21. The predicted molar refractivity (Wildman–Crippen MR) is 55.6 cm³/mol. The molecule has 4 heteroatoms. The molecule has 1 N–H and O–H groups in total. The molecular formula is C10H19N3O. The Morgan fingerprint density at radius 3 is 2.71 bits per heavy atom. The van der Waals surface area contributed by atoms with Crippen molar-refractivity contribution in [3.05, 3.63) is 0 Å². The molecule has 0 atom stereocenters. The largest absolute Gasteiger partial charge is 0.345 e. The first-order valence-electron chi connectivity index (χ1n) is 4.92. The highest BCUT2D eigenvalue weighted by molar-refractivity contribution is 5.76. The molecule has 0 rings (SSSR count). The van der Waals surface area contributed by atoms with E-state index in [0.29, 0.717) is 32.0 Å². The maximum atomic E-state index is 11.4. The van der Waals surface area contributed by atoms with Crippen molar-refractivity contribution in [2.45, 2.75) is 32.7 Å². The van der Waals surface area contributed by atoms with Crippen molar-refractivity contribution in [3.63, 3.8) is 0 Å². The molecule has 0 radical (unpaired) electrons. The first-order valence-corrected chi connectivity index (χ1v) is 4.92. The summed E-state index contributed by atoms with van der Waals surface area (Å²) in [6, 6.07) is 2.43. The van der Waals surface area contributed by atoms with Gasteiger partial charge in [0.05, 0.1) is 12.5 Å². The zero-order valence-corrected chi connectivity index (χ0v) is 9.21. The summed E-state index contributed by atoms with van der Waals surface area (Å²) in [4.78, 5) is 13.0. The number of carbonyl (C=O) groups is 1. The number of hydrogen-bond acceptors (Lipinski definition) is 3. The van der Waals surface area contributed by atoms with Crippen LogP contribution >= 0.6 is 0 Å². The Morgan fingerprint density at radius 1 is 1.57 bits per heavy atom. The van der Waals surface area contributed by atoms with Crippen molar-refractivity contribution in [2.24, 2.45) is 0 Å². The molecule has 0 bridgehead atoms. The lowest BCUT2D eigenvalue weighted by atomic mass is 10.3. The summed E-state index contributed by atoms with van der Waals surface area (Å²) in [5.74, 6) is 0.0911. The fourth-order valence-electron chi connectivity index (χ4n) is 1.00. The van der Waals surface area contributed by atoms with Crippen LogP contribution in [0.1, 0.15) is 26.7 Å².